The summed E-state index contributed by atoms with van der Waals surface area (Å²) in [6.07, 6.45) is 3.99. The maximum absolute atomic E-state index is 12.6. The smallest absolute Gasteiger partial charge is 0.329 e. The maximum atomic E-state index is 12.6. The van der Waals surface area contributed by atoms with Gasteiger partial charge in [-0.1, -0.05) is 25.5 Å². The van der Waals surface area contributed by atoms with Crippen molar-refractivity contribution < 1.29 is 22.7 Å². The molecule has 0 saturated carbocycles. The number of ether oxygens (including phenoxy) is 1. The molecule has 1 aromatic rings. The number of hydrogen-bond donors (Lipinski definition) is 1. The summed E-state index contributed by atoms with van der Waals surface area (Å²) in [4.78, 5) is 26.3. The number of carbonyl (C=O) groups is 2. The molecule has 0 unspecified atom stereocenters. The van der Waals surface area contributed by atoms with Gasteiger partial charge in [-0.2, -0.15) is 8.42 Å². The number of piperidine rings is 1. The van der Waals surface area contributed by atoms with Crippen LogP contribution in [0.3, 0.4) is 0 Å². The van der Waals surface area contributed by atoms with E-state index in [1.807, 2.05) is 6.92 Å². The summed E-state index contributed by atoms with van der Waals surface area (Å²) < 4.78 is 33.8. The molecule has 0 aromatic heterocycles. The number of hydrogen-bond acceptors (Lipinski definition) is 6. The molecule has 1 fully saturated rings. The van der Waals surface area contributed by atoms with Crippen LogP contribution in [0.4, 0.5) is 0 Å². The van der Waals surface area contributed by atoms with Crippen molar-refractivity contribution in [1.82, 2.24) is 10.2 Å². The predicted molar refractivity (Wildman–Crippen MR) is 103 cm³/mol. The van der Waals surface area contributed by atoms with Gasteiger partial charge in [-0.05, 0) is 37.8 Å². The van der Waals surface area contributed by atoms with Gasteiger partial charge in [0.15, 0.2) is 12.4 Å². The zero-order valence-electron chi connectivity index (χ0n) is 15.9. The van der Waals surface area contributed by atoms with Gasteiger partial charge >= 0.3 is 5.97 Å². The highest BCUT2D eigenvalue weighted by atomic mass is 32.2. The minimum atomic E-state index is -3.76. The molecule has 1 aromatic carbocycles. The van der Waals surface area contributed by atoms with Crippen molar-refractivity contribution in [3.05, 3.63) is 29.8 Å². The molecule has 1 saturated heterocycles. The molecule has 2 heterocycles. The zero-order valence-corrected chi connectivity index (χ0v) is 16.7. The first-order valence-electron chi connectivity index (χ1n) is 9.58. The first-order chi connectivity index (χ1) is 13.4. The fraction of sp³-hybridized carbons (Fsp3) is 0.526. The van der Waals surface area contributed by atoms with E-state index in [0.29, 0.717) is 25.1 Å². The lowest BCUT2D eigenvalue weighted by molar-refractivity contribution is -0.153. The Kier molecular flexibility index (Phi) is 6.33. The third-order valence-corrected chi connectivity index (χ3v) is 6.18. The number of esters is 1. The first kappa shape index (κ1) is 20.3. The number of amides is 1. The maximum Gasteiger partial charge on any atom is 0.329 e. The molecule has 3 rings (SSSR count). The third kappa shape index (κ3) is 4.35. The predicted octanol–water partition coefficient (Wildman–Crippen LogP) is 1.45. The standard InChI is InChI=1S/C19H25N3O5S/c1-2-3-11-20-17(23)13-27-19(24)15-9-6-7-12-22(15)18-14-8-4-5-10-16(14)28(25,26)21-18/h4-5,8,10,15H,2-3,6-7,9,11-13H2,1H3,(H,20,23)/t15-/m0/s1. The number of fused-ring (bicyclic) bond motifs is 1. The van der Waals surface area contributed by atoms with E-state index in [0.717, 1.165) is 25.7 Å². The molecule has 2 aliphatic heterocycles. The lowest BCUT2D eigenvalue weighted by Gasteiger charge is -2.35. The van der Waals surface area contributed by atoms with E-state index in [9.17, 15) is 18.0 Å². The molecular formula is C19H25N3O5S. The van der Waals surface area contributed by atoms with Crippen LogP contribution in [-0.2, 0) is 24.3 Å². The summed E-state index contributed by atoms with van der Waals surface area (Å²) in [5, 5.41) is 2.70. The quantitative estimate of drug-likeness (QED) is 0.565. The second-order valence-electron chi connectivity index (χ2n) is 6.90. The van der Waals surface area contributed by atoms with Crippen LogP contribution in [0.2, 0.25) is 0 Å². The molecule has 1 amide bonds. The minimum absolute atomic E-state index is 0.151. The van der Waals surface area contributed by atoms with Crippen molar-refractivity contribution in [2.24, 2.45) is 4.40 Å². The van der Waals surface area contributed by atoms with Crippen molar-refractivity contribution >= 4 is 27.7 Å². The Balaban J connectivity index is 1.71. The highest BCUT2D eigenvalue weighted by Gasteiger charge is 2.38. The van der Waals surface area contributed by atoms with Gasteiger partial charge in [0, 0.05) is 18.7 Å². The molecule has 0 bridgehead atoms. The van der Waals surface area contributed by atoms with Gasteiger partial charge in [0.25, 0.3) is 15.9 Å². The van der Waals surface area contributed by atoms with Crippen LogP contribution >= 0.6 is 0 Å². The zero-order chi connectivity index (χ0) is 20.1. The number of carbonyl (C=O) groups excluding carboxylic acids is 2. The molecule has 0 aliphatic carbocycles. The number of unbranched alkanes of at least 4 members (excludes halogenated alkanes) is 1. The summed E-state index contributed by atoms with van der Waals surface area (Å²) in [5.74, 6) is -0.588. The molecule has 152 valence electrons. The Morgan fingerprint density at radius 3 is 2.86 bits per heavy atom. The van der Waals surface area contributed by atoms with Crippen LogP contribution in [0.15, 0.2) is 33.6 Å². The highest BCUT2D eigenvalue weighted by Crippen LogP contribution is 2.30. The second kappa shape index (κ2) is 8.72. The number of sulfonamides is 1. The van der Waals surface area contributed by atoms with Gasteiger partial charge in [-0.15, -0.1) is 4.40 Å². The Labute approximate surface area is 165 Å². The molecular weight excluding hydrogens is 382 g/mol. The lowest BCUT2D eigenvalue weighted by Crippen LogP contribution is -2.49. The van der Waals surface area contributed by atoms with Crippen molar-refractivity contribution in [2.75, 3.05) is 19.7 Å². The van der Waals surface area contributed by atoms with E-state index >= 15 is 0 Å². The van der Waals surface area contributed by atoms with Crippen LogP contribution in [0, 0.1) is 0 Å². The number of nitrogens with one attached hydrogen (secondary N) is 1. The van der Waals surface area contributed by atoms with E-state index < -0.39 is 22.0 Å². The van der Waals surface area contributed by atoms with Crippen LogP contribution in [0.5, 0.6) is 0 Å². The van der Waals surface area contributed by atoms with Crippen molar-refractivity contribution in [2.45, 2.75) is 50.0 Å². The Bertz CT molecular complexity index is 881. The third-order valence-electron chi connectivity index (χ3n) is 4.86. The monoisotopic (exact) mass is 407 g/mol. The molecule has 8 nitrogen and oxygen atoms in total. The average molecular weight is 407 g/mol. The van der Waals surface area contributed by atoms with Crippen LogP contribution < -0.4 is 5.32 Å². The molecule has 0 radical (unpaired) electrons. The molecule has 0 spiro atoms. The van der Waals surface area contributed by atoms with Gasteiger partial charge < -0.3 is 15.0 Å². The van der Waals surface area contributed by atoms with Crippen molar-refractivity contribution in [1.29, 1.82) is 0 Å². The van der Waals surface area contributed by atoms with Gasteiger partial charge in [-0.3, -0.25) is 4.79 Å². The van der Waals surface area contributed by atoms with Crippen LogP contribution in [-0.4, -0.2) is 56.8 Å². The minimum Gasteiger partial charge on any atom is -0.454 e. The highest BCUT2D eigenvalue weighted by molar-refractivity contribution is 7.90. The Hall–Kier alpha value is -2.42. The molecule has 1 N–H and O–H groups in total. The van der Waals surface area contributed by atoms with E-state index in [1.54, 1.807) is 23.1 Å². The number of rotatable bonds is 6. The first-order valence-corrected chi connectivity index (χ1v) is 11.0. The molecule has 2 aliphatic rings. The van der Waals surface area contributed by atoms with E-state index in [4.69, 9.17) is 4.74 Å². The normalized spacial score (nSPS) is 20.2. The summed E-state index contributed by atoms with van der Waals surface area (Å²) in [6.45, 7) is 2.74. The Morgan fingerprint density at radius 2 is 2.07 bits per heavy atom. The number of likely N-dealkylation sites (tertiary alicyclic amines) is 1. The molecule has 9 heteroatoms. The van der Waals surface area contributed by atoms with E-state index in [-0.39, 0.29) is 23.2 Å². The summed E-state index contributed by atoms with van der Waals surface area (Å²) in [7, 11) is -3.76. The number of amidine groups is 1. The SMILES string of the molecule is CCCCNC(=O)COC(=O)[C@@H]1CCCCN1C1=NS(=O)(=O)c2ccccc21. The van der Waals surface area contributed by atoms with Gasteiger partial charge in [-0.25, -0.2) is 4.79 Å². The largest absolute Gasteiger partial charge is 0.454 e. The van der Waals surface area contributed by atoms with Crippen molar-refractivity contribution in [3.63, 3.8) is 0 Å². The average Bonchev–Trinajstić information content (AvgIpc) is 2.97. The fourth-order valence-electron chi connectivity index (χ4n) is 3.41. The van der Waals surface area contributed by atoms with Gasteiger partial charge in [0.2, 0.25) is 0 Å². The van der Waals surface area contributed by atoms with Gasteiger partial charge in [0.05, 0.1) is 0 Å². The van der Waals surface area contributed by atoms with Crippen molar-refractivity contribution in [3.8, 4) is 0 Å². The summed E-state index contributed by atoms with van der Waals surface area (Å²) >= 11 is 0. The summed E-state index contributed by atoms with van der Waals surface area (Å²) in [6, 6.07) is 5.94. The summed E-state index contributed by atoms with van der Waals surface area (Å²) in [5.41, 5.74) is 0.500. The van der Waals surface area contributed by atoms with Crippen LogP contribution in [0.25, 0.3) is 0 Å². The topological polar surface area (TPSA) is 105 Å². The fourth-order valence-corrected chi connectivity index (χ4v) is 4.63. The van der Waals surface area contributed by atoms with Crippen LogP contribution in [0.1, 0.15) is 44.6 Å². The molecule has 1 atom stereocenters. The van der Waals surface area contributed by atoms with Gasteiger partial charge in [0.1, 0.15) is 10.9 Å². The molecule has 28 heavy (non-hydrogen) atoms. The van der Waals surface area contributed by atoms with E-state index in [2.05, 4.69) is 9.71 Å². The lowest BCUT2D eigenvalue weighted by atomic mass is 10.0. The number of nitrogens with zero attached hydrogens (tertiary/aromatic N) is 2. The number of benzene rings is 1. The second-order valence-corrected chi connectivity index (χ2v) is 8.47. The van der Waals surface area contributed by atoms with E-state index in [1.165, 1.54) is 6.07 Å². The Morgan fingerprint density at radius 1 is 1.29 bits per heavy atom.